The number of H-pyrrole nitrogens is 1. The van der Waals surface area contributed by atoms with Gasteiger partial charge in [0.25, 0.3) is 5.56 Å². The molecule has 0 bridgehead atoms. The fraction of sp³-hybridized carbons (Fsp3) is 0.231. The number of rotatable bonds is 2. The predicted octanol–water partition coefficient (Wildman–Crippen LogP) is 3.35. The van der Waals surface area contributed by atoms with E-state index in [2.05, 4.69) is 9.97 Å². The molecule has 0 unspecified atom stereocenters. The molecule has 94 valence electrons. The van der Waals surface area contributed by atoms with E-state index in [0.29, 0.717) is 17.1 Å². The lowest BCUT2D eigenvalue weighted by Crippen LogP contribution is -2.12. The Labute approximate surface area is 109 Å². The van der Waals surface area contributed by atoms with Crippen LogP contribution in [0.25, 0.3) is 11.3 Å². The molecule has 0 saturated carbocycles. The molecule has 0 amide bonds. The van der Waals surface area contributed by atoms with E-state index in [1.807, 2.05) is 13.8 Å². The minimum Gasteiger partial charge on any atom is -0.310 e. The highest BCUT2D eigenvalue weighted by atomic mass is 35.5. The zero-order valence-electron chi connectivity index (χ0n) is 10.00. The van der Waals surface area contributed by atoms with Crippen LogP contribution in [0.4, 0.5) is 4.39 Å². The fourth-order valence-electron chi connectivity index (χ4n) is 1.60. The zero-order valence-corrected chi connectivity index (χ0v) is 10.8. The Morgan fingerprint density at radius 2 is 2.00 bits per heavy atom. The summed E-state index contributed by atoms with van der Waals surface area (Å²) < 4.78 is 13.3. The first-order valence-electron chi connectivity index (χ1n) is 5.53. The summed E-state index contributed by atoms with van der Waals surface area (Å²) in [5.74, 6) is 0.199. The molecule has 0 aliphatic carbocycles. The molecule has 0 radical (unpaired) electrons. The highest BCUT2D eigenvalue weighted by Crippen LogP contribution is 2.22. The molecule has 0 fully saturated rings. The van der Waals surface area contributed by atoms with Crippen LogP contribution >= 0.6 is 11.6 Å². The number of nitrogens with zero attached hydrogens (tertiary/aromatic N) is 1. The average Bonchev–Trinajstić information content (AvgIpc) is 2.26. The number of halogens is 2. The molecule has 0 aliphatic heterocycles. The lowest BCUT2D eigenvalue weighted by molar-refractivity contribution is 0.628. The van der Waals surface area contributed by atoms with E-state index in [1.165, 1.54) is 18.2 Å². The van der Waals surface area contributed by atoms with Gasteiger partial charge in [-0.2, -0.15) is 0 Å². The molecule has 0 saturated heterocycles. The van der Waals surface area contributed by atoms with Gasteiger partial charge in [0, 0.05) is 22.6 Å². The monoisotopic (exact) mass is 266 g/mol. The molecule has 0 aliphatic rings. The summed E-state index contributed by atoms with van der Waals surface area (Å²) in [7, 11) is 0. The number of benzene rings is 1. The van der Waals surface area contributed by atoms with Crippen LogP contribution in [-0.4, -0.2) is 9.97 Å². The fourth-order valence-corrected chi connectivity index (χ4v) is 1.82. The van der Waals surface area contributed by atoms with E-state index in [1.54, 1.807) is 6.07 Å². The number of hydrogen-bond donors (Lipinski definition) is 1. The van der Waals surface area contributed by atoms with Crippen LogP contribution in [0.2, 0.25) is 5.02 Å². The second-order valence-corrected chi connectivity index (χ2v) is 4.77. The van der Waals surface area contributed by atoms with E-state index in [0.717, 1.165) is 0 Å². The third kappa shape index (κ3) is 2.76. The summed E-state index contributed by atoms with van der Waals surface area (Å²) in [4.78, 5) is 18.5. The minimum atomic E-state index is -0.453. The summed E-state index contributed by atoms with van der Waals surface area (Å²) in [6.45, 7) is 3.83. The molecule has 1 N–H and O–H groups in total. The number of aromatic amines is 1. The van der Waals surface area contributed by atoms with Gasteiger partial charge in [-0.1, -0.05) is 25.4 Å². The molecule has 1 heterocycles. The highest BCUT2D eigenvalue weighted by Gasteiger charge is 2.08. The largest absolute Gasteiger partial charge is 0.310 e. The lowest BCUT2D eigenvalue weighted by atomic mass is 10.1. The lowest BCUT2D eigenvalue weighted by Gasteiger charge is -2.07. The van der Waals surface area contributed by atoms with Crippen LogP contribution in [0.3, 0.4) is 0 Å². The molecule has 3 nitrogen and oxygen atoms in total. The number of nitrogens with one attached hydrogen (secondary N) is 1. The van der Waals surface area contributed by atoms with Gasteiger partial charge in [-0.3, -0.25) is 4.79 Å². The van der Waals surface area contributed by atoms with Crippen molar-refractivity contribution in [1.29, 1.82) is 0 Å². The van der Waals surface area contributed by atoms with Gasteiger partial charge < -0.3 is 4.98 Å². The predicted molar refractivity (Wildman–Crippen MR) is 69.4 cm³/mol. The SMILES string of the molecule is CC(C)c1nc(-c2cc(F)cc(Cl)c2)cc(=O)[nH]1. The van der Waals surface area contributed by atoms with Gasteiger partial charge in [0.15, 0.2) is 0 Å². The minimum absolute atomic E-state index is 0.0849. The van der Waals surface area contributed by atoms with Crippen molar-refractivity contribution in [2.24, 2.45) is 0 Å². The Balaban J connectivity index is 2.60. The summed E-state index contributed by atoms with van der Waals surface area (Å²) in [5.41, 5.74) is 0.654. The van der Waals surface area contributed by atoms with Gasteiger partial charge in [0.1, 0.15) is 11.6 Å². The quantitative estimate of drug-likeness (QED) is 0.906. The van der Waals surface area contributed by atoms with Crippen molar-refractivity contribution in [3.05, 3.63) is 51.3 Å². The first kappa shape index (κ1) is 12.8. The van der Waals surface area contributed by atoms with Gasteiger partial charge in [-0.15, -0.1) is 0 Å². The van der Waals surface area contributed by atoms with Gasteiger partial charge in [0.2, 0.25) is 0 Å². The molecule has 18 heavy (non-hydrogen) atoms. The molecular formula is C13H12ClFN2O. The third-order valence-corrected chi connectivity index (χ3v) is 2.68. The van der Waals surface area contributed by atoms with Crippen LogP contribution in [0, 0.1) is 5.82 Å². The van der Waals surface area contributed by atoms with Gasteiger partial charge in [-0.05, 0) is 18.2 Å². The highest BCUT2D eigenvalue weighted by molar-refractivity contribution is 6.30. The molecule has 1 aromatic heterocycles. The van der Waals surface area contributed by atoms with Crippen molar-refractivity contribution >= 4 is 11.6 Å². The Kier molecular flexibility index (Phi) is 3.48. The molecule has 0 spiro atoms. The van der Waals surface area contributed by atoms with Crippen LogP contribution in [0.1, 0.15) is 25.6 Å². The van der Waals surface area contributed by atoms with E-state index in [-0.39, 0.29) is 16.5 Å². The smallest absolute Gasteiger partial charge is 0.251 e. The normalized spacial score (nSPS) is 10.9. The first-order valence-corrected chi connectivity index (χ1v) is 5.91. The van der Waals surface area contributed by atoms with Crippen molar-refractivity contribution in [1.82, 2.24) is 9.97 Å². The van der Waals surface area contributed by atoms with Crippen molar-refractivity contribution in [3.8, 4) is 11.3 Å². The molecule has 2 aromatic rings. The average molecular weight is 267 g/mol. The number of hydrogen-bond acceptors (Lipinski definition) is 2. The van der Waals surface area contributed by atoms with E-state index in [4.69, 9.17) is 11.6 Å². The topological polar surface area (TPSA) is 45.8 Å². The van der Waals surface area contributed by atoms with Crippen molar-refractivity contribution in [2.75, 3.05) is 0 Å². The molecule has 1 aromatic carbocycles. The van der Waals surface area contributed by atoms with Crippen molar-refractivity contribution in [3.63, 3.8) is 0 Å². The summed E-state index contributed by atoms with van der Waals surface area (Å²) in [6, 6.07) is 5.42. The van der Waals surface area contributed by atoms with E-state index >= 15 is 0 Å². The Hall–Kier alpha value is -1.68. The Morgan fingerprint density at radius 1 is 1.28 bits per heavy atom. The van der Waals surface area contributed by atoms with Crippen LogP contribution in [-0.2, 0) is 0 Å². The molecule has 0 atom stereocenters. The third-order valence-electron chi connectivity index (χ3n) is 2.47. The van der Waals surface area contributed by atoms with E-state index < -0.39 is 5.82 Å². The van der Waals surface area contributed by atoms with Gasteiger partial charge >= 0.3 is 0 Å². The second kappa shape index (κ2) is 4.90. The Bertz CT molecular complexity index is 617. The maximum atomic E-state index is 13.3. The maximum absolute atomic E-state index is 13.3. The summed E-state index contributed by atoms with van der Waals surface area (Å²) in [6.07, 6.45) is 0. The molecule has 5 heteroatoms. The van der Waals surface area contributed by atoms with Gasteiger partial charge in [0.05, 0.1) is 5.69 Å². The second-order valence-electron chi connectivity index (χ2n) is 4.33. The van der Waals surface area contributed by atoms with Crippen LogP contribution in [0.15, 0.2) is 29.1 Å². The number of aromatic nitrogens is 2. The van der Waals surface area contributed by atoms with Crippen molar-refractivity contribution in [2.45, 2.75) is 19.8 Å². The van der Waals surface area contributed by atoms with Crippen molar-refractivity contribution < 1.29 is 4.39 Å². The van der Waals surface area contributed by atoms with Crippen LogP contribution < -0.4 is 5.56 Å². The standard InChI is InChI=1S/C13H12ClFN2O/c1-7(2)13-16-11(6-12(18)17-13)8-3-9(14)5-10(15)4-8/h3-7H,1-2H3,(H,16,17,18). The zero-order chi connectivity index (χ0) is 13.3. The summed E-state index contributed by atoms with van der Waals surface area (Å²) >= 11 is 5.79. The van der Waals surface area contributed by atoms with Gasteiger partial charge in [-0.25, -0.2) is 9.37 Å². The molecule has 2 rings (SSSR count). The summed E-state index contributed by atoms with van der Waals surface area (Å²) in [5, 5.41) is 0.276. The maximum Gasteiger partial charge on any atom is 0.251 e. The Morgan fingerprint density at radius 3 is 2.61 bits per heavy atom. The van der Waals surface area contributed by atoms with Crippen LogP contribution in [0.5, 0.6) is 0 Å². The van der Waals surface area contributed by atoms with E-state index in [9.17, 15) is 9.18 Å². The first-order chi connectivity index (χ1) is 8.45. The molecular weight excluding hydrogens is 255 g/mol.